The third kappa shape index (κ3) is 5.97. The number of hydrogen-bond donors (Lipinski definition) is 2. The lowest BCUT2D eigenvalue weighted by atomic mass is 10.1. The molecule has 1 saturated heterocycles. The van der Waals surface area contributed by atoms with Crippen molar-refractivity contribution in [3.05, 3.63) is 80.4 Å². The van der Waals surface area contributed by atoms with Crippen LogP contribution in [-0.2, 0) is 9.59 Å². The van der Waals surface area contributed by atoms with Gasteiger partial charge in [0.1, 0.15) is 17.2 Å². The summed E-state index contributed by atoms with van der Waals surface area (Å²) < 4.78 is 17.0. The number of fused-ring (bicyclic) bond motifs is 1. The maximum absolute atomic E-state index is 15.3. The van der Waals surface area contributed by atoms with Crippen molar-refractivity contribution in [1.29, 1.82) is 0 Å². The number of nitrogens with two attached hydrogens (primary N) is 1. The van der Waals surface area contributed by atoms with E-state index in [1.54, 1.807) is 45.9 Å². The van der Waals surface area contributed by atoms with E-state index in [4.69, 9.17) is 17.3 Å². The van der Waals surface area contributed by atoms with Gasteiger partial charge in [0.05, 0.1) is 22.5 Å². The Morgan fingerprint density at radius 1 is 1.09 bits per heavy atom. The normalized spacial score (nSPS) is 18.0. The minimum atomic E-state index is -1.34. The molecule has 2 aliphatic heterocycles. The number of hydrogen-bond acceptors (Lipinski definition) is 8. The Labute approximate surface area is 259 Å². The van der Waals surface area contributed by atoms with Crippen LogP contribution >= 0.6 is 23.4 Å². The second kappa shape index (κ2) is 11.9. The van der Waals surface area contributed by atoms with Crippen LogP contribution in [0, 0.1) is 5.82 Å². The summed E-state index contributed by atoms with van der Waals surface area (Å²) in [5, 5.41) is 10.2. The molecule has 6 rings (SSSR count). The number of rotatable bonds is 6. The molecular formula is C30H26ClFN6O5S. The number of halogens is 2. The number of piperazine rings is 1. The van der Waals surface area contributed by atoms with Gasteiger partial charge >= 0.3 is 5.97 Å². The number of benzene rings is 2. The quantitative estimate of drug-likeness (QED) is 0.390. The fourth-order valence-electron chi connectivity index (χ4n) is 5.19. The number of nitrogens with zero attached hydrogens (tertiary/aromatic N) is 5. The Hall–Kier alpha value is -4.49. The molecule has 0 atom stereocenters. The first-order chi connectivity index (χ1) is 21.1. The highest BCUT2D eigenvalue weighted by Crippen LogP contribution is 2.38. The minimum Gasteiger partial charge on any atom is -0.477 e. The van der Waals surface area contributed by atoms with Gasteiger partial charge in [-0.05, 0) is 48.7 Å². The summed E-state index contributed by atoms with van der Waals surface area (Å²) >= 11 is 6.92. The third-order valence-electron chi connectivity index (χ3n) is 7.67. The molecule has 1 aliphatic carbocycles. The van der Waals surface area contributed by atoms with Gasteiger partial charge in [0, 0.05) is 48.8 Å². The molecule has 44 heavy (non-hydrogen) atoms. The Morgan fingerprint density at radius 2 is 1.80 bits per heavy atom. The molecule has 3 N–H and O–H groups in total. The molecule has 14 heteroatoms. The van der Waals surface area contributed by atoms with Crippen LogP contribution in [-0.4, -0.2) is 75.3 Å². The summed E-state index contributed by atoms with van der Waals surface area (Å²) in [7, 11) is 0. The first-order valence-corrected chi connectivity index (χ1v) is 15.2. The molecule has 2 fully saturated rings. The zero-order chi connectivity index (χ0) is 31.1. The van der Waals surface area contributed by atoms with Crippen molar-refractivity contribution in [2.24, 2.45) is 15.7 Å². The molecule has 1 saturated carbocycles. The number of thioether (sulfide) groups is 1. The summed E-state index contributed by atoms with van der Waals surface area (Å²) in [6.07, 6.45) is 4.62. The number of aromatic nitrogens is 1. The van der Waals surface area contributed by atoms with Crippen molar-refractivity contribution in [2.75, 3.05) is 36.8 Å². The number of aliphatic imine (C=N–C) groups is 2. The van der Waals surface area contributed by atoms with E-state index < -0.39 is 23.1 Å². The second-order valence-corrected chi connectivity index (χ2v) is 12.0. The average Bonchev–Trinajstić information content (AvgIpc) is 3.84. The maximum Gasteiger partial charge on any atom is 0.341 e. The van der Waals surface area contributed by atoms with Gasteiger partial charge in [0.2, 0.25) is 11.3 Å². The summed E-state index contributed by atoms with van der Waals surface area (Å²) in [6.45, 7) is 1.36. The van der Waals surface area contributed by atoms with E-state index in [2.05, 4.69) is 9.98 Å². The maximum atomic E-state index is 15.3. The van der Waals surface area contributed by atoms with Gasteiger partial charge in [-0.2, -0.15) is 4.99 Å². The summed E-state index contributed by atoms with van der Waals surface area (Å²) in [6, 6.07) is 9.63. The van der Waals surface area contributed by atoms with Crippen molar-refractivity contribution in [1.82, 2.24) is 9.47 Å². The predicted molar refractivity (Wildman–Crippen MR) is 168 cm³/mol. The number of carboxylic acids is 1. The van der Waals surface area contributed by atoms with Gasteiger partial charge in [-0.15, -0.1) is 0 Å². The number of carboxylic acid groups (broad SMARTS) is 1. The van der Waals surface area contributed by atoms with E-state index in [0.717, 1.165) is 30.7 Å². The van der Waals surface area contributed by atoms with Crippen LogP contribution in [0.4, 0.5) is 10.1 Å². The SMILES string of the molecule is NC1=NC(SCC(=O)N2CCN(c3cc4c(cc3F)c(=O)c(C(=O)O)cn4C3CC3)CC2)=NC(=O)/C1=C/c1ccc(Cl)cc1. The van der Waals surface area contributed by atoms with Crippen molar-refractivity contribution >= 4 is 74.8 Å². The van der Waals surface area contributed by atoms with E-state index in [-0.39, 0.29) is 50.9 Å². The fourth-order valence-corrected chi connectivity index (χ4v) is 6.06. The molecule has 1 aromatic heterocycles. The standard InChI is InChI=1S/C30H26ClFN6O5S/c31-17-3-1-16(2-4-17)11-20-27(33)34-30(35-28(20)41)44-15-25(39)37-9-7-36(8-10-37)24-13-23-19(12-22(24)32)26(40)21(29(42)43)14-38(23)18-5-6-18/h1-4,11-14,18H,5-10,15H2,(H,42,43)(H2,33,34,35,41)/b20-11+. The lowest BCUT2D eigenvalue weighted by molar-refractivity contribution is -0.128. The van der Waals surface area contributed by atoms with E-state index in [0.29, 0.717) is 42.3 Å². The molecule has 11 nitrogen and oxygen atoms in total. The number of carbonyl (C=O) groups is 3. The van der Waals surface area contributed by atoms with E-state index >= 15 is 4.39 Å². The predicted octanol–water partition coefficient (Wildman–Crippen LogP) is 3.55. The number of carbonyl (C=O) groups excluding carboxylic acids is 2. The first-order valence-electron chi connectivity index (χ1n) is 13.8. The van der Waals surface area contributed by atoms with E-state index in [1.165, 1.54) is 6.20 Å². The molecule has 0 spiro atoms. The highest BCUT2D eigenvalue weighted by atomic mass is 35.5. The monoisotopic (exact) mass is 636 g/mol. The number of aromatic carboxylic acids is 1. The molecule has 2 amide bonds. The topological polar surface area (TPSA) is 151 Å². The molecule has 3 heterocycles. The molecule has 0 unspecified atom stereocenters. The number of pyridine rings is 1. The Kier molecular flexibility index (Phi) is 7.99. The number of amides is 2. The summed E-state index contributed by atoms with van der Waals surface area (Å²) in [5.41, 5.74) is 6.57. The van der Waals surface area contributed by atoms with Gasteiger partial charge in [-0.25, -0.2) is 14.2 Å². The first kappa shape index (κ1) is 29.6. The van der Waals surface area contributed by atoms with Crippen molar-refractivity contribution in [3.63, 3.8) is 0 Å². The Balaban J connectivity index is 1.10. The van der Waals surface area contributed by atoms with Crippen LogP contribution in [0.15, 0.2) is 62.9 Å². The molecule has 0 radical (unpaired) electrons. The van der Waals surface area contributed by atoms with Gasteiger partial charge in [0.15, 0.2) is 5.17 Å². The van der Waals surface area contributed by atoms with Crippen LogP contribution < -0.4 is 16.1 Å². The van der Waals surface area contributed by atoms with Crippen LogP contribution in [0.25, 0.3) is 17.0 Å². The Bertz CT molecular complexity index is 1860. The zero-order valence-electron chi connectivity index (χ0n) is 23.2. The highest BCUT2D eigenvalue weighted by Gasteiger charge is 2.29. The van der Waals surface area contributed by atoms with Crippen LogP contribution in [0.2, 0.25) is 5.02 Å². The number of anilines is 1. The average molecular weight is 637 g/mol. The molecule has 226 valence electrons. The van der Waals surface area contributed by atoms with Gasteiger partial charge in [0.25, 0.3) is 5.91 Å². The second-order valence-electron chi connectivity index (χ2n) is 10.6. The highest BCUT2D eigenvalue weighted by molar-refractivity contribution is 8.14. The molecular weight excluding hydrogens is 611 g/mol. The van der Waals surface area contributed by atoms with Gasteiger partial charge in [-0.3, -0.25) is 14.4 Å². The smallest absolute Gasteiger partial charge is 0.341 e. The lowest BCUT2D eigenvalue weighted by Gasteiger charge is -2.36. The van der Waals surface area contributed by atoms with Crippen molar-refractivity contribution < 1.29 is 23.9 Å². The zero-order valence-corrected chi connectivity index (χ0v) is 24.8. The van der Waals surface area contributed by atoms with Gasteiger partial charge in [-0.1, -0.05) is 35.5 Å². The van der Waals surface area contributed by atoms with Crippen molar-refractivity contribution in [2.45, 2.75) is 18.9 Å². The van der Waals surface area contributed by atoms with Gasteiger partial charge < -0.3 is 25.2 Å². The lowest BCUT2D eigenvalue weighted by Crippen LogP contribution is -2.49. The third-order valence-corrected chi connectivity index (χ3v) is 8.75. The van der Waals surface area contributed by atoms with E-state index in [1.807, 2.05) is 4.90 Å². The van der Waals surface area contributed by atoms with E-state index in [9.17, 15) is 24.3 Å². The van der Waals surface area contributed by atoms with Crippen LogP contribution in [0.5, 0.6) is 0 Å². The number of amidine groups is 2. The minimum absolute atomic E-state index is 0.00668. The van der Waals surface area contributed by atoms with Crippen LogP contribution in [0.3, 0.4) is 0 Å². The molecule has 3 aliphatic rings. The Morgan fingerprint density at radius 3 is 2.43 bits per heavy atom. The van der Waals surface area contributed by atoms with Crippen LogP contribution in [0.1, 0.15) is 34.8 Å². The summed E-state index contributed by atoms with van der Waals surface area (Å²) in [4.78, 5) is 61.6. The summed E-state index contributed by atoms with van der Waals surface area (Å²) in [5.74, 6) is -2.73. The van der Waals surface area contributed by atoms with Crippen molar-refractivity contribution in [3.8, 4) is 0 Å². The molecule has 2 aromatic carbocycles. The molecule has 3 aromatic rings. The largest absolute Gasteiger partial charge is 0.477 e. The molecule has 0 bridgehead atoms. The fraction of sp³-hybridized carbons (Fsp3) is 0.267.